The fourth-order valence-electron chi connectivity index (χ4n) is 2.55. The summed E-state index contributed by atoms with van der Waals surface area (Å²) >= 11 is 0. The van der Waals surface area contributed by atoms with Gasteiger partial charge in [-0.3, -0.25) is 4.90 Å². The molecule has 0 unspecified atom stereocenters. The Bertz CT molecular complexity index is 354. The van der Waals surface area contributed by atoms with E-state index in [0.717, 1.165) is 18.3 Å². The molecular weight excluding hydrogens is 196 g/mol. The molecule has 2 heteroatoms. The molecule has 2 rings (SSSR count). The smallest absolute Gasteiger partial charge is 0.0346 e. The lowest BCUT2D eigenvalue weighted by Gasteiger charge is -2.24. The lowest BCUT2D eigenvalue weighted by atomic mass is 10.1. The molecule has 0 aliphatic heterocycles. The average Bonchev–Trinajstić information content (AvgIpc) is 2.77. The molecule has 1 aliphatic carbocycles. The van der Waals surface area contributed by atoms with E-state index in [1.807, 2.05) is 0 Å². The van der Waals surface area contributed by atoms with Crippen LogP contribution in [0.4, 0.5) is 5.69 Å². The Morgan fingerprint density at radius 2 is 2.00 bits per heavy atom. The van der Waals surface area contributed by atoms with E-state index >= 15 is 0 Å². The molecule has 16 heavy (non-hydrogen) atoms. The Balaban J connectivity index is 1.99. The van der Waals surface area contributed by atoms with Crippen LogP contribution in [0.2, 0.25) is 0 Å². The number of nitrogens with two attached hydrogens (primary N) is 1. The SMILES string of the molecule is Cc1ccc(CN(C)C2CCCC2)cc1N. The van der Waals surface area contributed by atoms with Gasteiger partial charge in [0.15, 0.2) is 0 Å². The van der Waals surface area contributed by atoms with Crippen LogP contribution in [-0.4, -0.2) is 18.0 Å². The van der Waals surface area contributed by atoms with Gasteiger partial charge in [-0.1, -0.05) is 25.0 Å². The maximum Gasteiger partial charge on any atom is 0.0346 e. The van der Waals surface area contributed by atoms with Crippen molar-refractivity contribution in [2.24, 2.45) is 0 Å². The van der Waals surface area contributed by atoms with Crippen molar-refractivity contribution in [2.75, 3.05) is 12.8 Å². The monoisotopic (exact) mass is 218 g/mol. The predicted octanol–water partition coefficient (Wildman–Crippen LogP) is 2.95. The van der Waals surface area contributed by atoms with Crippen LogP contribution < -0.4 is 5.73 Å². The maximum absolute atomic E-state index is 5.93. The number of nitrogen functional groups attached to an aromatic ring is 1. The number of hydrogen-bond acceptors (Lipinski definition) is 2. The van der Waals surface area contributed by atoms with E-state index in [9.17, 15) is 0 Å². The third kappa shape index (κ3) is 2.56. The number of hydrogen-bond donors (Lipinski definition) is 1. The number of aryl methyl sites for hydroxylation is 1. The molecule has 2 nitrogen and oxygen atoms in total. The Morgan fingerprint density at radius 3 is 2.62 bits per heavy atom. The first-order valence-electron chi connectivity index (χ1n) is 6.22. The zero-order valence-corrected chi connectivity index (χ0v) is 10.4. The molecule has 0 amide bonds. The van der Waals surface area contributed by atoms with Gasteiger partial charge in [0, 0.05) is 18.3 Å². The van der Waals surface area contributed by atoms with Crippen molar-refractivity contribution in [1.29, 1.82) is 0 Å². The zero-order chi connectivity index (χ0) is 11.5. The highest BCUT2D eigenvalue weighted by Crippen LogP contribution is 2.24. The molecule has 0 saturated heterocycles. The summed E-state index contributed by atoms with van der Waals surface area (Å²) in [5, 5.41) is 0. The van der Waals surface area contributed by atoms with Gasteiger partial charge in [0.1, 0.15) is 0 Å². The van der Waals surface area contributed by atoms with E-state index in [4.69, 9.17) is 5.73 Å². The molecule has 0 aromatic heterocycles. The molecule has 1 aromatic rings. The van der Waals surface area contributed by atoms with Gasteiger partial charge in [0.05, 0.1) is 0 Å². The summed E-state index contributed by atoms with van der Waals surface area (Å²) in [4.78, 5) is 2.47. The van der Waals surface area contributed by atoms with Crippen molar-refractivity contribution in [1.82, 2.24) is 4.90 Å². The molecule has 0 atom stereocenters. The lowest BCUT2D eigenvalue weighted by molar-refractivity contribution is 0.237. The number of nitrogens with zero attached hydrogens (tertiary/aromatic N) is 1. The zero-order valence-electron chi connectivity index (χ0n) is 10.4. The fourth-order valence-corrected chi connectivity index (χ4v) is 2.55. The second-order valence-corrected chi connectivity index (χ2v) is 5.04. The Morgan fingerprint density at radius 1 is 1.31 bits per heavy atom. The molecule has 0 bridgehead atoms. The van der Waals surface area contributed by atoms with Crippen LogP contribution in [0, 0.1) is 6.92 Å². The van der Waals surface area contributed by atoms with Crippen LogP contribution in [0.1, 0.15) is 36.8 Å². The number of benzene rings is 1. The molecular formula is C14H22N2. The molecule has 0 radical (unpaired) electrons. The normalized spacial score (nSPS) is 17.2. The van der Waals surface area contributed by atoms with Gasteiger partial charge < -0.3 is 5.73 Å². The van der Waals surface area contributed by atoms with Crippen LogP contribution >= 0.6 is 0 Å². The van der Waals surface area contributed by atoms with Crippen molar-refractivity contribution >= 4 is 5.69 Å². The summed E-state index contributed by atoms with van der Waals surface area (Å²) in [7, 11) is 2.23. The Kier molecular flexibility index (Phi) is 3.49. The minimum atomic E-state index is 0.780. The van der Waals surface area contributed by atoms with Gasteiger partial charge in [0.2, 0.25) is 0 Å². The first-order chi connectivity index (χ1) is 7.66. The number of anilines is 1. The van der Waals surface area contributed by atoms with Crippen molar-refractivity contribution < 1.29 is 0 Å². The van der Waals surface area contributed by atoms with Gasteiger partial charge in [-0.25, -0.2) is 0 Å². The van der Waals surface area contributed by atoms with Crippen LogP contribution in [0.15, 0.2) is 18.2 Å². The second kappa shape index (κ2) is 4.88. The first-order valence-corrected chi connectivity index (χ1v) is 6.22. The highest BCUT2D eigenvalue weighted by molar-refractivity contribution is 5.48. The van der Waals surface area contributed by atoms with Crippen LogP contribution in [-0.2, 0) is 6.54 Å². The molecule has 1 aliphatic rings. The summed E-state index contributed by atoms with van der Waals surface area (Å²) in [6.45, 7) is 3.08. The van der Waals surface area contributed by atoms with Crippen LogP contribution in [0.3, 0.4) is 0 Å². The molecule has 2 N–H and O–H groups in total. The molecule has 1 aromatic carbocycles. The summed E-state index contributed by atoms with van der Waals surface area (Å²) in [6.07, 6.45) is 5.51. The van der Waals surface area contributed by atoms with Crippen LogP contribution in [0.25, 0.3) is 0 Å². The van der Waals surface area contributed by atoms with Gasteiger partial charge >= 0.3 is 0 Å². The standard InChI is InChI=1S/C14H22N2/c1-11-7-8-12(9-14(11)15)10-16(2)13-5-3-4-6-13/h7-9,13H,3-6,10,15H2,1-2H3. The predicted molar refractivity (Wildman–Crippen MR) is 69.3 cm³/mol. The molecule has 1 saturated carbocycles. The third-order valence-corrected chi connectivity index (χ3v) is 3.72. The topological polar surface area (TPSA) is 29.3 Å². The van der Waals surface area contributed by atoms with Gasteiger partial charge in [-0.15, -0.1) is 0 Å². The van der Waals surface area contributed by atoms with E-state index in [2.05, 4.69) is 37.1 Å². The molecule has 88 valence electrons. The Hall–Kier alpha value is -1.02. The van der Waals surface area contributed by atoms with Crippen molar-refractivity contribution in [3.63, 3.8) is 0 Å². The quantitative estimate of drug-likeness (QED) is 0.790. The minimum Gasteiger partial charge on any atom is -0.399 e. The highest BCUT2D eigenvalue weighted by atomic mass is 15.1. The fraction of sp³-hybridized carbons (Fsp3) is 0.571. The number of rotatable bonds is 3. The van der Waals surface area contributed by atoms with Crippen molar-refractivity contribution in [2.45, 2.75) is 45.2 Å². The summed E-state index contributed by atoms with van der Waals surface area (Å²) in [5.74, 6) is 0. The average molecular weight is 218 g/mol. The van der Waals surface area contributed by atoms with E-state index < -0.39 is 0 Å². The second-order valence-electron chi connectivity index (χ2n) is 5.04. The van der Waals surface area contributed by atoms with E-state index in [1.54, 1.807) is 0 Å². The lowest BCUT2D eigenvalue weighted by Crippen LogP contribution is -2.28. The maximum atomic E-state index is 5.93. The Labute approximate surface area is 98.4 Å². The van der Waals surface area contributed by atoms with Gasteiger partial charge in [0.25, 0.3) is 0 Å². The third-order valence-electron chi connectivity index (χ3n) is 3.72. The van der Waals surface area contributed by atoms with Crippen molar-refractivity contribution in [3.8, 4) is 0 Å². The summed E-state index contributed by atoms with van der Waals surface area (Å²) in [5.41, 5.74) is 9.35. The van der Waals surface area contributed by atoms with E-state index in [-0.39, 0.29) is 0 Å². The summed E-state index contributed by atoms with van der Waals surface area (Å²) in [6, 6.07) is 7.20. The minimum absolute atomic E-state index is 0.780. The largest absolute Gasteiger partial charge is 0.399 e. The first kappa shape index (κ1) is 11.5. The van der Waals surface area contributed by atoms with E-state index in [1.165, 1.54) is 36.8 Å². The molecule has 0 spiro atoms. The van der Waals surface area contributed by atoms with Crippen LogP contribution in [0.5, 0.6) is 0 Å². The van der Waals surface area contributed by atoms with Gasteiger partial charge in [-0.2, -0.15) is 0 Å². The molecule has 1 fully saturated rings. The highest BCUT2D eigenvalue weighted by Gasteiger charge is 2.19. The van der Waals surface area contributed by atoms with Gasteiger partial charge in [-0.05, 0) is 44.0 Å². The van der Waals surface area contributed by atoms with Crippen molar-refractivity contribution in [3.05, 3.63) is 29.3 Å². The molecule has 0 heterocycles. The summed E-state index contributed by atoms with van der Waals surface area (Å²) < 4.78 is 0. The van der Waals surface area contributed by atoms with E-state index in [0.29, 0.717) is 0 Å².